The van der Waals surface area contributed by atoms with Crippen LogP contribution in [0.4, 0.5) is 25.2 Å². The van der Waals surface area contributed by atoms with Crippen LogP contribution < -0.4 is 30.3 Å². The van der Waals surface area contributed by atoms with Crippen LogP contribution in [0.25, 0.3) is 22.5 Å². The molecule has 4 aromatic heterocycles. The van der Waals surface area contributed by atoms with Gasteiger partial charge in [0.1, 0.15) is 42.4 Å². The maximum Gasteiger partial charge on any atom is 0.407 e. The van der Waals surface area contributed by atoms with E-state index in [1.165, 1.54) is 43.1 Å². The molecule has 4 heterocycles. The largest absolute Gasteiger partial charge is 0.451 e. The molecule has 2 fully saturated rings. The first-order chi connectivity index (χ1) is 34.6. The molecule has 2 aliphatic carbocycles. The molecule has 378 valence electrons. The molecule has 6 atom stereocenters. The minimum absolute atomic E-state index is 0.0545. The summed E-state index contributed by atoms with van der Waals surface area (Å²) in [7, 11) is 3.65. The number of carbonyl (C=O) groups excluding carboxylic acids is 1. The molecule has 0 radical (unpaired) electrons. The van der Waals surface area contributed by atoms with Crippen LogP contribution in [0.2, 0.25) is 0 Å². The van der Waals surface area contributed by atoms with Gasteiger partial charge in [0.2, 0.25) is 0 Å². The second-order valence-electron chi connectivity index (χ2n) is 18.5. The molecule has 2 saturated carbocycles. The summed E-state index contributed by atoms with van der Waals surface area (Å²) in [6, 6.07) is 21.0. The van der Waals surface area contributed by atoms with E-state index in [1.54, 1.807) is 42.5 Å². The van der Waals surface area contributed by atoms with E-state index in [0.717, 1.165) is 11.3 Å². The number of ether oxygens (including phenoxy) is 3. The number of aliphatic hydroxyl groups excluding tert-OH is 2. The zero-order chi connectivity index (χ0) is 51.1. The lowest BCUT2D eigenvalue weighted by Crippen LogP contribution is -2.39. The van der Waals surface area contributed by atoms with Crippen LogP contribution in [0.5, 0.6) is 23.0 Å². The van der Waals surface area contributed by atoms with Crippen molar-refractivity contribution in [1.29, 1.82) is 0 Å². The Kier molecular flexibility index (Phi) is 16.0. The van der Waals surface area contributed by atoms with Crippen LogP contribution in [0.15, 0.2) is 116 Å². The SMILES string of the molecule is CC(C)n1nccc1-c1cc(F)ccc1Oc1cncnc1N(C)[C@H]1C[C@@H](N)C[C@H]1O.CC(C)n1nccc1-c1cc(F)ccc1Oc1cncnc1N(C)[C@H]1C[C@@H](NC(=O)OCc2ccccc2)C[C@H]1O. The standard InChI is InChI=1S/C30H33FN6O4.C22H27FN6O2/c1-19(2)37-24(11-12-34-37)23-13-21(31)9-10-27(23)41-28-16-32-18-33-29(28)36(3)25-14-22(15-26(25)38)35-30(39)40-17-20-7-5-4-6-8-20;1-13(2)29-17(6-7-27-29)16-8-14(23)4-5-20(16)31-21-11-25-12-26-22(21)28(3)18-9-15(24)10-19(18)30/h4-13,16,18-19,22,25-26,38H,14-15,17H2,1-3H3,(H,35,39);4-8,11-13,15,18-19,30H,9-10,24H2,1-3H3/t22-,25+,26-;15-,18+,19-/m11/s1. The molecular formula is C52H60F2N12O6. The van der Waals surface area contributed by atoms with Gasteiger partial charge in [0, 0.05) is 61.8 Å². The molecule has 0 bridgehead atoms. The number of nitrogens with one attached hydrogen (secondary N) is 1. The van der Waals surface area contributed by atoms with Crippen molar-refractivity contribution in [3.8, 4) is 45.5 Å². The Labute approximate surface area is 416 Å². The molecule has 9 rings (SSSR count). The fraction of sp³-hybridized carbons (Fsp3) is 0.365. The fourth-order valence-electron chi connectivity index (χ4n) is 9.21. The monoisotopic (exact) mass is 986 g/mol. The fourth-order valence-corrected chi connectivity index (χ4v) is 9.21. The van der Waals surface area contributed by atoms with E-state index in [9.17, 15) is 23.8 Å². The van der Waals surface area contributed by atoms with Gasteiger partial charge in [-0.2, -0.15) is 10.2 Å². The Morgan fingerprint density at radius 2 is 1.21 bits per heavy atom. The second kappa shape index (κ2) is 22.7. The van der Waals surface area contributed by atoms with Gasteiger partial charge < -0.3 is 45.3 Å². The lowest BCUT2D eigenvalue weighted by Gasteiger charge is -2.29. The lowest BCUT2D eigenvalue weighted by atomic mass is 10.1. The first-order valence-electron chi connectivity index (χ1n) is 23.8. The van der Waals surface area contributed by atoms with Gasteiger partial charge in [-0.1, -0.05) is 30.3 Å². The van der Waals surface area contributed by atoms with Gasteiger partial charge in [0.25, 0.3) is 0 Å². The number of likely N-dealkylation sites (N-methyl/N-ethyl adjacent to an activating group) is 2. The van der Waals surface area contributed by atoms with Gasteiger partial charge in [-0.3, -0.25) is 9.36 Å². The Morgan fingerprint density at radius 3 is 1.69 bits per heavy atom. The first kappa shape index (κ1) is 50.8. The highest BCUT2D eigenvalue weighted by Gasteiger charge is 2.38. The summed E-state index contributed by atoms with van der Waals surface area (Å²) in [5.74, 6) is 1.81. The van der Waals surface area contributed by atoms with Gasteiger partial charge in [0.05, 0.1) is 48.1 Å². The van der Waals surface area contributed by atoms with Crippen molar-refractivity contribution in [1.82, 2.24) is 44.8 Å². The van der Waals surface area contributed by atoms with Crippen LogP contribution in [0.3, 0.4) is 0 Å². The van der Waals surface area contributed by atoms with Gasteiger partial charge >= 0.3 is 6.09 Å². The summed E-state index contributed by atoms with van der Waals surface area (Å²) in [6.45, 7) is 8.16. The summed E-state index contributed by atoms with van der Waals surface area (Å²) in [5, 5.41) is 32.9. The Balaban J connectivity index is 0.000000200. The highest BCUT2D eigenvalue weighted by atomic mass is 19.1. The summed E-state index contributed by atoms with van der Waals surface area (Å²) in [6.07, 6.45) is 9.46. The summed E-state index contributed by atoms with van der Waals surface area (Å²) in [4.78, 5) is 33.1. The molecule has 3 aromatic carbocycles. The number of aromatic nitrogens is 8. The maximum absolute atomic E-state index is 14.3. The number of hydrogen-bond donors (Lipinski definition) is 4. The van der Waals surface area contributed by atoms with Crippen molar-refractivity contribution in [2.75, 3.05) is 23.9 Å². The van der Waals surface area contributed by atoms with Crippen molar-refractivity contribution in [2.45, 2.75) is 108 Å². The summed E-state index contributed by atoms with van der Waals surface area (Å²) in [5.41, 5.74) is 9.48. The number of benzene rings is 3. The van der Waals surface area contributed by atoms with Crippen LogP contribution >= 0.6 is 0 Å². The van der Waals surface area contributed by atoms with Gasteiger partial charge in [-0.25, -0.2) is 33.5 Å². The van der Waals surface area contributed by atoms with Gasteiger partial charge in [-0.15, -0.1) is 0 Å². The number of aliphatic hydroxyl groups is 2. The molecule has 5 N–H and O–H groups in total. The Hall–Kier alpha value is -7.55. The molecule has 0 saturated heterocycles. The van der Waals surface area contributed by atoms with E-state index >= 15 is 0 Å². The molecule has 2 aliphatic rings. The summed E-state index contributed by atoms with van der Waals surface area (Å²) < 4.78 is 49.9. The average Bonchev–Trinajstić information content (AvgIpc) is 4.20. The molecule has 20 heteroatoms. The molecule has 0 aliphatic heterocycles. The van der Waals surface area contributed by atoms with Gasteiger partial charge in [0.15, 0.2) is 23.1 Å². The molecule has 0 unspecified atom stereocenters. The number of anilines is 2. The van der Waals surface area contributed by atoms with Crippen LogP contribution in [-0.4, -0.2) is 106 Å². The predicted molar refractivity (Wildman–Crippen MR) is 267 cm³/mol. The number of carbonyl (C=O) groups is 1. The molecule has 1 amide bonds. The minimum Gasteiger partial charge on any atom is -0.451 e. The average molecular weight is 987 g/mol. The Morgan fingerprint density at radius 1 is 0.708 bits per heavy atom. The molecule has 0 spiro atoms. The van der Waals surface area contributed by atoms with Crippen LogP contribution in [-0.2, 0) is 11.3 Å². The number of amides is 1. The first-order valence-corrected chi connectivity index (χ1v) is 23.8. The third kappa shape index (κ3) is 11.8. The topological polar surface area (TPSA) is 217 Å². The zero-order valence-corrected chi connectivity index (χ0v) is 41.0. The quantitative estimate of drug-likeness (QED) is 0.0761. The van der Waals surface area contributed by atoms with Crippen molar-refractivity contribution in [2.24, 2.45) is 5.73 Å². The number of halogens is 2. The molecule has 18 nitrogen and oxygen atoms in total. The van der Waals surface area contributed by atoms with E-state index in [1.807, 2.05) is 91.7 Å². The van der Waals surface area contributed by atoms with E-state index < -0.39 is 24.1 Å². The van der Waals surface area contributed by atoms with Crippen LogP contribution in [0.1, 0.15) is 71.0 Å². The Bertz CT molecular complexity index is 2920. The predicted octanol–water partition coefficient (Wildman–Crippen LogP) is 8.25. The highest BCUT2D eigenvalue weighted by molar-refractivity contribution is 5.71. The minimum atomic E-state index is -0.732. The number of nitrogens with two attached hydrogens (primary N) is 1. The number of nitrogens with zero attached hydrogens (tertiary/aromatic N) is 10. The number of hydrogen-bond acceptors (Lipinski definition) is 15. The molecular weight excluding hydrogens is 927 g/mol. The zero-order valence-electron chi connectivity index (χ0n) is 41.0. The van der Waals surface area contributed by atoms with Gasteiger partial charge in [-0.05, 0) is 107 Å². The van der Waals surface area contributed by atoms with Crippen molar-refractivity contribution < 1.29 is 38.0 Å². The van der Waals surface area contributed by atoms with Crippen molar-refractivity contribution >= 4 is 17.7 Å². The normalized spacial score (nSPS) is 19.5. The molecule has 72 heavy (non-hydrogen) atoms. The second-order valence-corrected chi connectivity index (χ2v) is 18.5. The smallest absolute Gasteiger partial charge is 0.407 e. The maximum atomic E-state index is 14.3. The summed E-state index contributed by atoms with van der Waals surface area (Å²) >= 11 is 0. The van der Waals surface area contributed by atoms with Crippen molar-refractivity contribution in [3.63, 3.8) is 0 Å². The van der Waals surface area contributed by atoms with Crippen LogP contribution in [0, 0.1) is 11.6 Å². The third-order valence-corrected chi connectivity index (χ3v) is 12.7. The van der Waals surface area contributed by atoms with E-state index in [0.29, 0.717) is 77.1 Å². The van der Waals surface area contributed by atoms with E-state index in [2.05, 4.69) is 35.5 Å². The third-order valence-electron chi connectivity index (χ3n) is 12.7. The lowest BCUT2D eigenvalue weighted by molar-refractivity contribution is 0.133. The number of rotatable bonds is 15. The number of alkyl carbamates (subject to hydrolysis) is 1. The molecule has 7 aromatic rings. The van der Waals surface area contributed by atoms with Crippen molar-refractivity contribution in [3.05, 3.63) is 134 Å². The highest BCUT2D eigenvalue weighted by Crippen LogP contribution is 2.41. The van der Waals surface area contributed by atoms with E-state index in [4.69, 9.17) is 19.9 Å². The van der Waals surface area contributed by atoms with E-state index in [-0.39, 0.29) is 48.7 Å².